The van der Waals surface area contributed by atoms with Gasteiger partial charge in [0.1, 0.15) is 5.38 Å². The van der Waals surface area contributed by atoms with E-state index >= 15 is 0 Å². The number of imide groups is 1. The summed E-state index contributed by atoms with van der Waals surface area (Å²) < 4.78 is 4.72. The first-order valence-corrected chi connectivity index (χ1v) is 5.39. The van der Waals surface area contributed by atoms with E-state index in [4.69, 9.17) is 16.3 Å². The van der Waals surface area contributed by atoms with E-state index in [0.29, 0.717) is 13.2 Å². The Kier molecular flexibility index (Phi) is 8.08. The molecule has 3 N–H and O–H groups in total. The molecular formula is C9H16ClN3O4. The number of nitrogens with one attached hydrogen (secondary N) is 3. The van der Waals surface area contributed by atoms with Crippen LogP contribution in [0.25, 0.3) is 0 Å². The van der Waals surface area contributed by atoms with Crippen molar-refractivity contribution in [2.45, 2.75) is 12.3 Å². The van der Waals surface area contributed by atoms with Crippen LogP contribution in [0.3, 0.4) is 0 Å². The summed E-state index contributed by atoms with van der Waals surface area (Å²) in [5.74, 6) is -0.993. The second-order valence-electron chi connectivity index (χ2n) is 3.13. The molecule has 8 heteroatoms. The molecule has 0 saturated heterocycles. The van der Waals surface area contributed by atoms with Gasteiger partial charge in [-0.2, -0.15) is 0 Å². The molecule has 0 aliphatic carbocycles. The SMILES string of the molecule is COCCNC(=O)CNC(=O)NC(=O)C(C)Cl. The quantitative estimate of drug-likeness (QED) is 0.433. The number of methoxy groups -OCH3 is 1. The highest BCUT2D eigenvalue weighted by Gasteiger charge is 2.13. The molecule has 0 bridgehead atoms. The monoisotopic (exact) mass is 265 g/mol. The third-order valence-electron chi connectivity index (χ3n) is 1.64. The Morgan fingerprint density at radius 3 is 2.47 bits per heavy atom. The summed E-state index contributed by atoms with van der Waals surface area (Å²) in [7, 11) is 1.51. The molecule has 0 rings (SSSR count). The van der Waals surface area contributed by atoms with Crippen LogP contribution in [-0.4, -0.2) is 50.0 Å². The number of alkyl halides is 1. The van der Waals surface area contributed by atoms with Crippen molar-refractivity contribution in [2.75, 3.05) is 26.8 Å². The van der Waals surface area contributed by atoms with Crippen molar-refractivity contribution >= 4 is 29.4 Å². The van der Waals surface area contributed by atoms with Crippen LogP contribution in [0, 0.1) is 0 Å². The Hall–Kier alpha value is -1.34. The largest absolute Gasteiger partial charge is 0.383 e. The molecule has 0 heterocycles. The average Bonchev–Trinajstić information content (AvgIpc) is 2.26. The van der Waals surface area contributed by atoms with Gasteiger partial charge in [0.05, 0.1) is 13.2 Å². The normalized spacial score (nSPS) is 11.5. The Morgan fingerprint density at radius 2 is 1.94 bits per heavy atom. The molecular weight excluding hydrogens is 250 g/mol. The summed E-state index contributed by atoms with van der Waals surface area (Å²) in [5, 5.41) is 5.88. The summed E-state index contributed by atoms with van der Waals surface area (Å²) in [6, 6.07) is -0.760. The van der Waals surface area contributed by atoms with Crippen molar-refractivity contribution in [1.82, 2.24) is 16.0 Å². The lowest BCUT2D eigenvalue weighted by Gasteiger charge is -2.08. The fourth-order valence-corrected chi connectivity index (χ4v) is 0.826. The van der Waals surface area contributed by atoms with Crippen LogP contribution in [0.2, 0.25) is 0 Å². The lowest BCUT2D eigenvalue weighted by atomic mass is 10.4. The lowest BCUT2D eigenvalue weighted by molar-refractivity contribution is -0.121. The summed E-state index contributed by atoms with van der Waals surface area (Å²) in [6.07, 6.45) is 0. The third kappa shape index (κ3) is 8.47. The van der Waals surface area contributed by atoms with Crippen LogP contribution in [0.1, 0.15) is 6.92 Å². The predicted octanol–water partition coefficient (Wildman–Crippen LogP) is -0.798. The Balaban J connectivity index is 3.69. The van der Waals surface area contributed by atoms with Crippen molar-refractivity contribution in [3.63, 3.8) is 0 Å². The first-order chi connectivity index (χ1) is 7.97. The van der Waals surface area contributed by atoms with E-state index in [1.54, 1.807) is 0 Å². The topological polar surface area (TPSA) is 96.5 Å². The molecule has 0 spiro atoms. The zero-order chi connectivity index (χ0) is 13.3. The Labute approximate surface area is 104 Å². The zero-order valence-electron chi connectivity index (χ0n) is 9.71. The molecule has 1 atom stereocenters. The van der Waals surface area contributed by atoms with E-state index in [1.165, 1.54) is 14.0 Å². The van der Waals surface area contributed by atoms with Gasteiger partial charge in [0.15, 0.2) is 0 Å². The summed E-state index contributed by atoms with van der Waals surface area (Å²) in [4.78, 5) is 33.2. The second kappa shape index (κ2) is 8.77. The van der Waals surface area contributed by atoms with Gasteiger partial charge >= 0.3 is 6.03 Å². The zero-order valence-corrected chi connectivity index (χ0v) is 10.5. The van der Waals surface area contributed by atoms with Crippen LogP contribution in [0.5, 0.6) is 0 Å². The summed E-state index contributed by atoms with van der Waals surface area (Å²) >= 11 is 5.43. The highest BCUT2D eigenvalue weighted by molar-refractivity contribution is 6.31. The van der Waals surface area contributed by atoms with Crippen LogP contribution in [-0.2, 0) is 14.3 Å². The van der Waals surface area contributed by atoms with Crippen LogP contribution >= 0.6 is 11.6 Å². The highest BCUT2D eigenvalue weighted by Crippen LogP contribution is 1.91. The highest BCUT2D eigenvalue weighted by atomic mass is 35.5. The maximum absolute atomic E-state index is 11.1. The summed E-state index contributed by atoms with van der Waals surface area (Å²) in [5.41, 5.74) is 0. The fourth-order valence-electron chi connectivity index (χ4n) is 0.771. The molecule has 4 amide bonds. The maximum atomic E-state index is 11.1. The standard InChI is InChI=1S/C9H16ClN3O4/c1-6(10)8(15)13-9(16)12-5-7(14)11-3-4-17-2/h6H,3-5H2,1-2H3,(H,11,14)(H2,12,13,15,16). The Morgan fingerprint density at radius 1 is 1.29 bits per heavy atom. The minimum Gasteiger partial charge on any atom is -0.383 e. The number of amides is 4. The van der Waals surface area contributed by atoms with Gasteiger partial charge in [-0.05, 0) is 6.92 Å². The molecule has 0 aliphatic rings. The van der Waals surface area contributed by atoms with Gasteiger partial charge in [0.2, 0.25) is 11.8 Å². The van der Waals surface area contributed by atoms with E-state index in [9.17, 15) is 14.4 Å². The first-order valence-electron chi connectivity index (χ1n) is 4.95. The maximum Gasteiger partial charge on any atom is 0.321 e. The van der Waals surface area contributed by atoms with E-state index in [1.807, 2.05) is 5.32 Å². The van der Waals surface area contributed by atoms with Crippen LogP contribution in [0.15, 0.2) is 0 Å². The summed E-state index contributed by atoms with van der Waals surface area (Å²) in [6.45, 7) is 1.96. The number of carbonyl (C=O) groups is 3. The molecule has 0 radical (unpaired) electrons. The van der Waals surface area contributed by atoms with Crippen LogP contribution < -0.4 is 16.0 Å². The molecule has 17 heavy (non-hydrogen) atoms. The molecule has 0 aromatic heterocycles. The van der Waals surface area contributed by atoms with E-state index in [2.05, 4.69) is 10.6 Å². The number of ether oxygens (including phenoxy) is 1. The van der Waals surface area contributed by atoms with Crippen molar-refractivity contribution in [2.24, 2.45) is 0 Å². The van der Waals surface area contributed by atoms with Crippen molar-refractivity contribution in [3.05, 3.63) is 0 Å². The van der Waals surface area contributed by atoms with Gasteiger partial charge < -0.3 is 15.4 Å². The molecule has 7 nitrogen and oxygen atoms in total. The molecule has 0 fully saturated rings. The van der Waals surface area contributed by atoms with E-state index < -0.39 is 17.3 Å². The van der Waals surface area contributed by atoms with Crippen molar-refractivity contribution in [1.29, 1.82) is 0 Å². The van der Waals surface area contributed by atoms with E-state index in [0.717, 1.165) is 0 Å². The number of halogens is 1. The van der Waals surface area contributed by atoms with Gasteiger partial charge in [0, 0.05) is 13.7 Å². The number of urea groups is 1. The smallest absolute Gasteiger partial charge is 0.321 e. The average molecular weight is 266 g/mol. The number of rotatable bonds is 6. The van der Waals surface area contributed by atoms with Gasteiger partial charge in [0.25, 0.3) is 0 Å². The minimum absolute atomic E-state index is 0.223. The minimum atomic E-state index is -0.809. The molecule has 0 aromatic carbocycles. The van der Waals surface area contributed by atoms with Gasteiger partial charge in [-0.15, -0.1) is 11.6 Å². The van der Waals surface area contributed by atoms with Gasteiger partial charge in [-0.25, -0.2) is 4.79 Å². The molecule has 0 aliphatic heterocycles. The lowest BCUT2D eigenvalue weighted by Crippen LogP contribution is -2.46. The molecule has 98 valence electrons. The van der Waals surface area contributed by atoms with Crippen molar-refractivity contribution < 1.29 is 19.1 Å². The number of hydrogen-bond acceptors (Lipinski definition) is 4. The van der Waals surface area contributed by atoms with E-state index in [-0.39, 0.29) is 12.5 Å². The number of hydrogen-bond donors (Lipinski definition) is 3. The van der Waals surface area contributed by atoms with Gasteiger partial charge in [-0.1, -0.05) is 0 Å². The third-order valence-corrected chi connectivity index (χ3v) is 1.83. The second-order valence-corrected chi connectivity index (χ2v) is 3.79. The molecule has 1 unspecified atom stereocenters. The van der Waals surface area contributed by atoms with Crippen molar-refractivity contribution in [3.8, 4) is 0 Å². The Bertz CT molecular complexity index is 283. The fraction of sp³-hybridized carbons (Fsp3) is 0.667. The predicted molar refractivity (Wildman–Crippen MR) is 61.7 cm³/mol. The number of carbonyl (C=O) groups excluding carboxylic acids is 3. The van der Waals surface area contributed by atoms with Gasteiger partial charge in [-0.3, -0.25) is 14.9 Å². The molecule has 0 saturated carbocycles. The molecule has 0 aromatic rings. The van der Waals surface area contributed by atoms with Crippen LogP contribution in [0.4, 0.5) is 4.79 Å². The first kappa shape index (κ1) is 15.7.